The van der Waals surface area contributed by atoms with E-state index in [0.717, 1.165) is 0 Å². The molecule has 2 atom stereocenters. The predicted octanol–water partition coefficient (Wildman–Crippen LogP) is 0.702. The van der Waals surface area contributed by atoms with Crippen LogP contribution in [0.15, 0.2) is 29.3 Å². The van der Waals surface area contributed by atoms with Gasteiger partial charge in [0.15, 0.2) is 0 Å². The molecule has 0 bridgehead atoms. The van der Waals surface area contributed by atoms with Crippen LogP contribution in [-0.4, -0.2) is 23.7 Å². The Morgan fingerprint density at radius 2 is 2.11 bits per heavy atom. The Bertz CT molecular complexity index is 557. The smallest absolute Gasteiger partial charge is 0.264 e. The Morgan fingerprint density at radius 3 is 2.68 bits per heavy atom. The van der Waals surface area contributed by atoms with Crippen LogP contribution < -0.4 is 11.1 Å². The molecule has 2 amide bonds. The van der Waals surface area contributed by atoms with Gasteiger partial charge in [-0.15, -0.1) is 0 Å². The molecule has 1 aliphatic heterocycles. The number of halogens is 1. The second-order valence-electron chi connectivity index (χ2n) is 4.29. The molecular formula is C13H14FN3O2. The van der Waals surface area contributed by atoms with Crippen molar-refractivity contribution in [3.8, 4) is 0 Å². The quantitative estimate of drug-likeness (QED) is 0.787. The van der Waals surface area contributed by atoms with Crippen LogP contribution in [-0.2, 0) is 9.59 Å². The lowest BCUT2D eigenvalue weighted by atomic mass is 9.95. The van der Waals surface area contributed by atoms with Crippen molar-refractivity contribution < 1.29 is 14.0 Å². The summed E-state index contributed by atoms with van der Waals surface area (Å²) in [5.41, 5.74) is 5.74. The maximum atomic E-state index is 13.6. The van der Waals surface area contributed by atoms with Gasteiger partial charge < -0.3 is 11.1 Å². The van der Waals surface area contributed by atoms with E-state index in [4.69, 9.17) is 5.73 Å². The summed E-state index contributed by atoms with van der Waals surface area (Å²) in [6.45, 7) is 1.81. The van der Waals surface area contributed by atoms with Gasteiger partial charge in [-0.05, 0) is 12.5 Å². The van der Waals surface area contributed by atoms with E-state index in [9.17, 15) is 14.0 Å². The molecule has 0 spiro atoms. The fourth-order valence-corrected chi connectivity index (χ4v) is 1.87. The average Bonchev–Trinajstić information content (AvgIpc) is 2.39. The number of amidine groups is 1. The Labute approximate surface area is 109 Å². The highest BCUT2D eigenvalue weighted by molar-refractivity contribution is 6.20. The van der Waals surface area contributed by atoms with Crippen molar-refractivity contribution in [2.45, 2.75) is 25.3 Å². The number of benzene rings is 1. The second-order valence-corrected chi connectivity index (χ2v) is 4.29. The maximum absolute atomic E-state index is 13.6. The zero-order valence-electron chi connectivity index (χ0n) is 10.4. The van der Waals surface area contributed by atoms with Crippen molar-refractivity contribution in [1.29, 1.82) is 0 Å². The van der Waals surface area contributed by atoms with E-state index in [1.807, 2.05) is 6.92 Å². The third-order valence-electron chi connectivity index (χ3n) is 3.00. The number of nitrogens with zero attached hydrogens (tertiary/aromatic N) is 1. The highest BCUT2D eigenvalue weighted by Crippen LogP contribution is 2.23. The van der Waals surface area contributed by atoms with Gasteiger partial charge in [-0.1, -0.05) is 25.1 Å². The molecule has 0 aliphatic carbocycles. The van der Waals surface area contributed by atoms with Crippen LogP contribution in [0.25, 0.3) is 0 Å². The molecule has 6 heteroatoms. The number of carbonyl (C=O) groups excluding carboxylic acids is 2. The van der Waals surface area contributed by atoms with Gasteiger partial charge in [0, 0.05) is 5.56 Å². The van der Waals surface area contributed by atoms with E-state index >= 15 is 0 Å². The molecule has 3 N–H and O–H groups in total. The first-order valence-corrected chi connectivity index (χ1v) is 5.98. The SMILES string of the molecule is CCC(N)C1=NC(=O)C(c2ccccc2F)C(=O)N1. The zero-order chi connectivity index (χ0) is 14.0. The molecule has 0 saturated heterocycles. The molecule has 0 saturated carbocycles. The molecule has 1 aromatic carbocycles. The van der Waals surface area contributed by atoms with E-state index < -0.39 is 29.6 Å². The molecule has 2 rings (SSSR count). The van der Waals surface area contributed by atoms with E-state index in [-0.39, 0.29) is 11.4 Å². The summed E-state index contributed by atoms with van der Waals surface area (Å²) in [4.78, 5) is 27.6. The first-order chi connectivity index (χ1) is 9.04. The lowest BCUT2D eigenvalue weighted by Crippen LogP contribution is -2.50. The highest BCUT2D eigenvalue weighted by Gasteiger charge is 2.36. The molecule has 1 aromatic rings. The first-order valence-electron chi connectivity index (χ1n) is 5.98. The van der Waals surface area contributed by atoms with Crippen molar-refractivity contribution in [3.63, 3.8) is 0 Å². The Kier molecular flexibility index (Phi) is 3.71. The number of nitrogens with one attached hydrogen (secondary N) is 1. The van der Waals surface area contributed by atoms with Crippen LogP contribution >= 0.6 is 0 Å². The molecule has 19 heavy (non-hydrogen) atoms. The fourth-order valence-electron chi connectivity index (χ4n) is 1.87. The lowest BCUT2D eigenvalue weighted by Gasteiger charge is -2.23. The predicted molar refractivity (Wildman–Crippen MR) is 68.0 cm³/mol. The summed E-state index contributed by atoms with van der Waals surface area (Å²) in [7, 11) is 0. The van der Waals surface area contributed by atoms with Gasteiger partial charge in [0.2, 0.25) is 5.91 Å². The number of nitrogens with two attached hydrogens (primary N) is 1. The van der Waals surface area contributed by atoms with Gasteiger partial charge >= 0.3 is 0 Å². The van der Waals surface area contributed by atoms with Crippen LogP contribution in [0.4, 0.5) is 4.39 Å². The van der Waals surface area contributed by atoms with E-state index in [0.29, 0.717) is 6.42 Å². The van der Waals surface area contributed by atoms with Crippen LogP contribution in [0.3, 0.4) is 0 Å². The third-order valence-corrected chi connectivity index (χ3v) is 3.00. The monoisotopic (exact) mass is 263 g/mol. The van der Waals surface area contributed by atoms with Crippen molar-refractivity contribution in [1.82, 2.24) is 5.32 Å². The molecule has 100 valence electrons. The van der Waals surface area contributed by atoms with Crippen molar-refractivity contribution >= 4 is 17.6 Å². The van der Waals surface area contributed by atoms with Gasteiger partial charge in [-0.3, -0.25) is 9.59 Å². The van der Waals surface area contributed by atoms with Gasteiger partial charge in [-0.2, -0.15) is 4.99 Å². The topological polar surface area (TPSA) is 84.5 Å². The minimum Gasteiger partial charge on any atom is -0.321 e. The summed E-state index contributed by atoms with van der Waals surface area (Å²) in [5, 5.41) is 2.47. The molecule has 2 unspecified atom stereocenters. The Hall–Kier alpha value is -2.08. The number of rotatable bonds is 3. The zero-order valence-corrected chi connectivity index (χ0v) is 10.4. The molecular weight excluding hydrogens is 249 g/mol. The summed E-state index contributed by atoms with van der Waals surface area (Å²) >= 11 is 0. The largest absolute Gasteiger partial charge is 0.321 e. The number of aliphatic imine (C=N–C) groups is 1. The third kappa shape index (κ3) is 2.53. The lowest BCUT2D eigenvalue weighted by molar-refractivity contribution is -0.130. The van der Waals surface area contributed by atoms with Crippen molar-refractivity contribution in [2.75, 3.05) is 0 Å². The maximum Gasteiger partial charge on any atom is 0.264 e. The summed E-state index contributed by atoms with van der Waals surface area (Å²) in [6.07, 6.45) is 0.538. The van der Waals surface area contributed by atoms with E-state index in [1.54, 1.807) is 6.07 Å². The van der Waals surface area contributed by atoms with Crippen LogP contribution in [0.1, 0.15) is 24.8 Å². The standard InChI is InChI=1S/C13H14FN3O2/c1-2-9(15)11-16-12(18)10(13(19)17-11)7-5-3-4-6-8(7)14/h3-6,9-10H,2,15H2,1H3,(H,16,17,18,19). The van der Waals surface area contributed by atoms with Crippen LogP contribution in [0, 0.1) is 5.82 Å². The van der Waals surface area contributed by atoms with Crippen molar-refractivity contribution in [3.05, 3.63) is 35.6 Å². The molecule has 0 aromatic heterocycles. The normalized spacial score (nSPS) is 20.8. The number of hydrogen-bond acceptors (Lipinski definition) is 3. The number of amides is 2. The van der Waals surface area contributed by atoms with Gasteiger partial charge in [0.1, 0.15) is 17.6 Å². The summed E-state index contributed by atoms with van der Waals surface area (Å²) in [6, 6.07) is 5.15. The highest BCUT2D eigenvalue weighted by atomic mass is 19.1. The number of hydrogen-bond donors (Lipinski definition) is 2. The van der Waals surface area contributed by atoms with E-state index in [1.165, 1.54) is 18.2 Å². The van der Waals surface area contributed by atoms with Crippen LogP contribution in [0.5, 0.6) is 0 Å². The summed E-state index contributed by atoms with van der Waals surface area (Å²) < 4.78 is 13.6. The number of carbonyl (C=O) groups is 2. The Morgan fingerprint density at radius 1 is 1.42 bits per heavy atom. The molecule has 5 nitrogen and oxygen atoms in total. The molecule has 1 aliphatic rings. The fraction of sp³-hybridized carbons (Fsp3) is 0.308. The molecule has 1 heterocycles. The molecule has 0 radical (unpaired) electrons. The second kappa shape index (κ2) is 5.27. The minimum absolute atomic E-state index is 0.0258. The molecule has 0 fully saturated rings. The Balaban J connectivity index is 2.36. The van der Waals surface area contributed by atoms with E-state index in [2.05, 4.69) is 10.3 Å². The van der Waals surface area contributed by atoms with Gasteiger partial charge in [0.25, 0.3) is 5.91 Å². The van der Waals surface area contributed by atoms with Crippen LogP contribution in [0.2, 0.25) is 0 Å². The van der Waals surface area contributed by atoms with Crippen molar-refractivity contribution in [2.24, 2.45) is 10.7 Å². The van der Waals surface area contributed by atoms with Gasteiger partial charge in [-0.25, -0.2) is 4.39 Å². The van der Waals surface area contributed by atoms with Gasteiger partial charge in [0.05, 0.1) is 6.04 Å². The minimum atomic E-state index is -1.24. The first kappa shape index (κ1) is 13.4. The average molecular weight is 263 g/mol. The summed E-state index contributed by atoms with van der Waals surface area (Å²) in [5.74, 6) is -2.98.